The monoisotopic (exact) mass is 325 g/mol. The van der Waals surface area contributed by atoms with Crippen LogP contribution in [0.1, 0.15) is 19.9 Å². The van der Waals surface area contributed by atoms with E-state index in [0.29, 0.717) is 22.5 Å². The Kier molecular flexibility index (Phi) is 4.07. The predicted octanol–water partition coefficient (Wildman–Crippen LogP) is 2.67. The molecule has 6 nitrogen and oxygen atoms in total. The number of hydrogen-bond donors (Lipinski definition) is 1. The summed E-state index contributed by atoms with van der Waals surface area (Å²) >= 11 is 0. The first kappa shape index (κ1) is 15.8. The van der Waals surface area contributed by atoms with Crippen LogP contribution in [0.5, 0.6) is 0 Å². The van der Waals surface area contributed by atoms with Crippen LogP contribution in [0.15, 0.2) is 47.4 Å². The average Bonchev–Trinajstić information content (AvgIpc) is 2.55. The molecule has 0 atom stereocenters. The van der Waals surface area contributed by atoms with Crippen molar-refractivity contribution in [2.24, 2.45) is 0 Å². The van der Waals surface area contributed by atoms with E-state index in [9.17, 15) is 9.18 Å². The van der Waals surface area contributed by atoms with Crippen LogP contribution >= 0.6 is 0 Å². The van der Waals surface area contributed by atoms with Gasteiger partial charge in [-0.2, -0.15) is 5.10 Å². The third-order valence-corrected chi connectivity index (χ3v) is 3.53. The highest BCUT2D eigenvalue weighted by Crippen LogP contribution is 2.30. The van der Waals surface area contributed by atoms with E-state index in [4.69, 9.17) is 5.73 Å². The minimum Gasteiger partial charge on any atom is -0.368 e. The highest BCUT2D eigenvalue weighted by atomic mass is 19.1. The molecule has 3 aromatic rings. The fourth-order valence-electron chi connectivity index (χ4n) is 2.38. The van der Waals surface area contributed by atoms with E-state index in [1.165, 1.54) is 23.0 Å². The van der Waals surface area contributed by atoms with Gasteiger partial charge in [0, 0.05) is 23.4 Å². The molecule has 0 aliphatic rings. The summed E-state index contributed by atoms with van der Waals surface area (Å²) in [7, 11) is 0. The van der Waals surface area contributed by atoms with Crippen LogP contribution in [0.3, 0.4) is 0 Å². The SMILES string of the molecule is CC(C)n1nc(-c2cnc(N)nc2-c2ccccc2F)ccc1=O. The molecule has 24 heavy (non-hydrogen) atoms. The van der Waals surface area contributed by atoms with Gasteiger partial charge in [0.2, 0.25) is 5.95 Å². The maximum absolute atomic E-state index is 14.2. The lowest BCUT2D eigenvalue weighted by Gasteiger charge is -2.12. The number of hydrogen-bond acceptors (Lipinski definition) is 5. The van der Waals surface area contributed by atoms with Crippen molar-refractivity contribution < 1.29 is 4.39 Å². The van der Waals surface area contributed by atoms with Crippen molar-refractivity contribution in [1.82, 2.24) is 19.7 Å². The molecule has 0 aliphatic heterocycles. The largest absolute Gasteiger partial charge is 0.368 e. The predicted molar refractivity (Wildman–Crippen MR) is 89.7 cm³/mol. The molecule has 0 amide bonds. The summed E-state index contributed by atoms with van der Waals surface area (Å²) in [4.78, 5) is 20.1. The molecule has 0 fully saturated rings. The smallest absolute Gasteiger partial charge is 0.267 e. The third kappa shape index (κ3) is 2.88. The lowest BCUT2D eigenvalue weighted by atomic mass is 10.0. The Morgan fingerprint density at radius 3 is 2.58 bits per heavy atom. The van der Waals surface area contributed by atoms with Crippen LogP contribution < -0.4 is 11.3 Å². The molecule has 0 aliphatic carbocycles. The summed E-state index contributed by atoms with van der Waals surface area (Å²) < 4.78 is 15.6. The normalized spacial score (nSPS) is 11.0. The summed E-state index contributed by atoms with van der Waals surface area (Å²) in [5.41, 5.74) is 7.07. The van der Waals surface area contributed by atoms with Gasteiger partial charge < -0.3 is 5.73 Å². The second kappa shape index (κ2) is 6.19. The van der Waals surface area contributed by atoms with Crippen LogP contribution in [-0.4, -0.2) is 19.7 Å². The Bertz CT molecular complexity index is 952. The van der Waals surface area contributed by atoms with E-state index in [1.807, 2.05) is 13.8 Å². The second-order valence-corrected chi connectivity index (χ2v) is 5.57. The summed E-state index contributed by atoms with van der Waals surface area (Å²) in [6.07, 6.45) is 1.49. The summed E-state index contributed by atoms with van der Waals surface area (Å²) in [5.74, 6) is -0.386. The molecule has 7 heteroatoms. The highest BCUT2D eigenvalue weighted by molar-refractivity contribution is 5.79. The van der Waals surface area contributed by atoms with Gasteiger partial charge in [-0.25, -0.2) is 19.0 Å². The van der Waals surface area contributed by atoms with Crippen LogP contribution in [0, 0.1) is 5.82 Å². The molecule has 0 unspecified atom stereocenters. The summed E-state index contributed by atoms with van der Waals surface area (Å²) in [6, 6.07) is 9.15. The standard InChI is InChI=1S/C17H16FN5O/c1-10(2)23-15(24)8-7-14(22-23)12-9-20-17(19)21-16(12)11-5-3-4-6-13(11)18/h3-10H,1-2H3,(H2,19,20,21). The number of benzene rings is 1. The molecule has 0 radical (unpaired) electrons. The topological polar surface area (TPSA) is 86.7 Å². The van der Waals surface area contributed by atoms with Gasteiger partial charge in [-0.3, -0.25) is 4.79 Å². The first-order valence-corrected chi connectivity index (χ1v) is 7.45. The minimum atomic E-state index is -0.422. The molecular formula is C17H16FN5O. The Morgan fingerprint density at radius 1 is 1.12 bits per heavy atom. The first-order chi connectivity index (χ1) is 11.5. The lowest BCUT2D eigenvalue weighted by molar-refractivity contribution is 0.505. The number of halogens is 1. The summed E-state index contributed by atoms with van der Waals surface area (Å²) in [6.45, 7) is 3.71. The number of aromatic nitrogens is 4. The van der Waals surface area contributed by atoms with E-state index in [-0.39, 0.29) is 17.5 Å². The van der Waals surface area contributed by atoms with Gasteiger partial charge in [-0.15, -0.1) is 0 Å². The lowest BCUT2D eigenvalue weighted by Crippen LogP contribution is -2.24. The molecule has 2 heterocycles. The van der Waals surface area contributed by atoms with Crippen molar-refractivity contribution in [2.75, 3.05) is 5.73 Å². The van der Waals surface area contributed by atoms with Gasteiger partial charge >= 0.3 is 0 Å². The zero-order valence-corrected chi connectivity index (χ0v) is 13.3. The van der Waals surface area contributed by atoms with Gasteiger partial charge in [-0.1, -0.05) is 12.1 Å². The zero-order valence-electron chi connectivity index (χ0n) is 13.3. The van der Waals surface area contributed by atoms with Gasteiger partial charge in [0.1, 0.15) is 5.82 Å². The second-order valence-electron chi connectivity index (χ2n) is 5.57. The summed E-state index contributed by atoms with van der Waals surface area (Å²) in [5, 5.41) is 4.35. The molecule has 0 spiro atoms. The Balaban J connectivity index is 2.25. The fourth-order valence-corrected chi connectivity index (χ4v) is 2.38. The fraction of sp³-hybridized carbons (Fsp3) is 0.176. The van der Waals surface area contributed by atoms with Gasteiger partial charge in [0.15, 0.2) is 0 Å². The van der Waals surface area contributed by atoms with E-state index in [2.05, 4.69) is 15.1 Å². The average molecular weight is 325 g/mol. The van der Waals surface area contributed by atoms with Crippen LogP contribution in [0.2, 0.25) is 0 Å². The number of anilines is 1. The van der Waals surface area contributed by atoms with E-state index in [0.717, 1.165) is 0 Å². The molecule has 1 aromatic carbocycles. The Labute approximate surface area is 137 Å². The number of nitrogens with two attached hydrogens (primary N) is 1. The highest BCUT2D eigenvalue weighted by Gasteiger charge is 2.16. The van der Waals surface area contributed by atoms with Gasteiger partial charge in [0.25, 0.3) is 5.56 Å². The maximum Gasteiger partial charge on any atom is 0.267 e. The quantitative estimate of drug-likeness (QED) is 0.800. The van der Waals surface area contributed by atoms with E-state index in [1.54, 1.807) is 24.3 Å². The maximum atomic E-state index is 14.2. The molecule has 0 bridgehead atoms. The Morgan fingerprint density at radius 2 is 1.88 bits per heavy atom. The van der Waals surface area contributed by atoms with Gasteiger partial charge in [0.05, 0.1) is 17.4 Å². The minimum absolute atomic E-state index is 0.0363. The van der Waals surface area contributed by atoms with Gasteiger partial charge in [-0.05, 0) is 32.0 Å². The van der Waals surface area contributed by atoms with Crippen molar-refractivity contribution in [3.8, 4) is 22.5 Å². The zero-order chi connectivity index (χ0) is 17.3. The van der Waals surface area contributed by atoms with Crippen LogP contribution in [-0.2, 0) is 0 Å². The molecule has 0 saturated heterocycles. The molecule has 2 N–H and O–H groups in total. The van der Waals surface area contributed by atoms with E-state index < -0.39 is 5.82 Å². The number of nitrogen functional groups attached to an aromatic ring is 1. The number of rotatable bonds is 3. The molecular weight excluding hydrogens is 309 g/mol. The number of nitrogens with zero attached hydrogens (tertiary/aromatic N) is 4. The molecule has 2 aromatic heterocycles. The van der Waals surface area contributed by atoms with Crippen LogP contribution in [0.4, 0.5) is 10.3 Å². The molecule has 3 rings (SSSR count). The van der Waals surface area contributed by atoms with Crippen molar-refractivity contribution in [3.05, 3.63) is 58.8 Å². The third-order valence-electron chi connectivity index (χ3n) is 3.53. The molecule has 0 saturated carbocycles. The van der Waals surface area contributed by atoms with Crippen molar-refractivity contribution in [3.63, 3.8) is 0 Å². The van der Waals surface area contributed by atoms with Crippen molar-refractivity contribution in [1.29, 1.82) is 0 Å². The van der Waals surface area contributed by atoms with E-state index >= 15 is 0 Å². The van der Waals surface area contributed by atoms with Crippen molar-refractivity contribution in [2.45, 2.75) is 19.9 Å². The van der Waals surface area contributed by atoms with Crippen LogP contribution in [0.25, 0.3) is 22.5 Å². The Hall–Kier alpha value is -3.09. The van der Waals surface area contributed by atoms with Crippen molar-refractivity contribution >= 4 is 5.95 Å². The first-order valence-electron chi connectivity index (χ1n) is 7.45. The molecule has 122 valence electrons.